The lowest BCUT2D eigenvalue weighted by Gasteiger charge is -2.10. The van der Waals surface area contributed by atoms with Gasteiger partial charge >= 0.3 is 6.36 Å². The van der Waals surface area contributed by atoms with Gasteiger partial charge in [-0.1, -0.05) is 11.8 Å². The van der Waals surface area contributed by atoms with Gasteiger partial charge in [0.2, 0.25) is 11.8 Å². The number of hydrogen-bond acceptors (Lipinski definition) is 6. The number of carbonyl (C=O) groups excluding carboxylic acids is 1. The summed E-state index contributed by atoms with van der Waals surface area (Å²) in [6.45, 7) is 2.27. The third-order valence-electron chi connectivity index (χ3n) is 2.59. The first-order chi connectivity index (χ1) is 10.8. The number of nitrogens with zero attached hydrogens (tertiary/aromatic N) is 4. The Morgan fingerprint density at radius 3 is 2.78 bits per heavy atom. The topological polar surface area (TPSA) is 95.9 Å². The fourth-order valence-electron chi connectivity index (χ4n) is 1.75. The molecule has 2 aromatic rings. The number of amides is 1. The van der Waals surface area contributed by atoms with Crippen molar-refractivity contribution in [3.8, 4) is 17.3 Å². The second kappa shape index (κ2) is 6.86. The number of pyridine rings is 1. The molecule has 2 aromatic heterocycles. The lowest BCUT2D eigenvalue weighted by atomic mass is 10.2. The lowest BCUT2D eigenvalue weighted by Crippen LogP contribution is -2.17. The summed E-state index contributed by atoms with van der Waals surface area (Å²) in [6.07, 6.45) is -3.64. The third kappa shape index (κ3) is 4.58. The van der Waals surface area contributed by atoms with E-state index in [0.717, 1.165) is 17.8 Å². The van der Waals surface area contributed by atoms with E-state index in [2.05, 4.69) is 19.9 Å². The minimum Gasteiger partial charge on any atom is -0.388 e. The van der Waals surface area contributed by atoms with Crippen molar-refractivity contribution in [1.29, 1.82) is 0 Å². The molecule has 0 saturated heterocycles. The number of aromatic nitrogens is 4. The Morgan fingerprint density at radius 1 is 1.43 bits per heavy atom. The minimum absolute atomic E-state index is 0.0247. The number of rotatable bonds is 6. The number of hydrogen-bond donors (Lipinski definition) is 1. The van der Waals surface area contributed by atoms with Crippen LogP contribution in [0.3, 0.4) is 0 Å². The van der Waals surface area contributed by atoms with Crippen LogP contribution in [0.1, 0.15) is 6.92 Å². The largest absolute Gasteiger partial charge is 0.574 e. The molecule has 0 aromatic carbocycles. The highest BCUT2D eigenvalue weighted by Gasteiger charge is 2.32. The summed E-state index contributed by atoms with van der Waals surface area (Å²) in [5.74, 6) is -0.732. The maximum Gasteiger partial charge on any atom is 0.574 e. The van der Waals surface area contributed by atoms with E-state index in [1.165, 1.54) is 12.3 Å². The van der Waals surface area contributed by atoms with Crippen molar-refractivity contribution in [3.05, 3.63) is 18.3 Å². The molecule has 124 valence electrons. The third-order valence-corrected chi connectivity index (χ3v) is 3.58. The van der Waals surface area contributed by atoms with Crippen LogP contribution in [0.15, 0.2) is 23.5 Å². The molecular formula is C12H12F3N5O2S. The Balaban J connectivity index is 2.31. The molecule has 0 aliphatic rings. The summed E-state index contributed by atoms with van der Waals surface area (Å²) >= 11 is 1.10. The Bertz CT molecular complexity index is 704. The fourth-order valence-corrected chi connectivity index (χ4v) is 2.49. The zero-order valence-electron chi connectivity index (χ0n) is 11.9. The number of nitrogens with two attached hydrogens (primary N) is 1. The second-order valence-corrected chi connectivity index (χ2v) is 5.18. The van der Waals surface area contributed by atoms with Gasteiger partial charge in [0.1, 0.15) is 0 Å². The molecule has 0 fully saturated rings. The molecule has 0 atom stereocenters. The van der Waals surface area contributed by atoms with Gasteiger partial charge in [0.05, 0.1) is 5.75 Å². The van der Waals surface area contributed by atoms with Crippen LogP contribution in [-0.2, 0) is 11.3 Å². The summed E-state index contributed by atoms with van der Waals surface area (Å²) in [5.41, 5.74) is 5.44. The first kappa shape index (κ1) is 17.1. The molecule has 0 aliphatic carbocycles. The number of ether oxygens (including phenoxy) is 1. The summed E-state index contributed by atoms with van der Waals surface area (Å²) in [6, 6.07) is 2.61. The van der Waals surface area contributed by atoms with E-state index in [1.54, 1.807) is 4.57 Å². The normalized spacial score (nSPS) is 11.5. The molecule has 23 heavy (non-hydrogen) atoms. The Morgan fingerprint density at radius 2 is 2.17 bits per heavy atom. The van der Waals surface area contributed by atoms with Crippen LogP contribution >= 0.6 is 11.8 Å². The molecule has 2 rings (SSSR count). The van der Waals surface area contributed by atoms with E-state index in [9.17, 15) is 18.0 Å². The van der Waals surface area contributed by atoms with Crippen LogP contribution < -0.4 is 10.5 Å². The zero-order valence-corrected chi connectivity index (χ0v) is 12.7. The maximum atomic E-state index is 12.3. The number of thioether (sulfide) groups is 1. The van der Waals surface area contributed by atoms with Crippen molar-refractivity contribution in [1.82, 2.24) is 19.7 Å². The quantitative estimate of drug-likeness (QED) is 0.801. The molecule has 0 unspecified atom stereocenters. The SMILES string of the molecule is CCn1c(SCC(N)=O)nnc1-c1ccnc(OC(F)(F)F)c1. The van der Waals surface area contributed by atoms with Gasteiger partial charge in [0, 0.05) is 24.4 Å². The molecule has 0 radical (unpaired) electrons. The minimum atomic E-state index is -4.83. The van der Waals surface area contributed by atoms with Crippen molar-refractivity contribution in [3.63, 3.8) is 0 Å². The molecular weight excluding hydrogens is 335 g/mol. The van der Waals surface area contributed by atoms with Gasteiger partial charge in [-0.05, 0) is 13.0 Å². The number of primary amides is 1. The monoisotopic (exact) mass is 347 g/mol. The van der Waals surface area contributed by atoms with E-state index < -0.39 is 18.1 Å². The molecule has 0 saturated carbocycles. The standard InChI is InChI=1S/C12H12F3N5O2S/c1-2-20-10(18-19-11(20)23-6-8(16)21)7-3-4-17-9(5-7)22-12(13,14)15/h3-5H,2,6H2,1H3,(H2,16,21). The number of alkyl halides is 3. The summed E-state index contributed by atoms with van der Waals surface area (Å²) in [4.78, 5) is 14.3. The molecule has 0 spiro atoms. The average Bonchev–Trinajstić information content (AvgIpc) is 2.86. The molecule has 7 nitrogen and oxygen atoms in total. The van der Waals surface area contributed by atoms with Gasteiger partial charge in [-0.3, -0.25) is 4.79 Å². The van der Waals surface area contributed by atoms with Crippen molar-refractivity contribution in [2.45, 2.75) is 25.0 Å². The van der Waals surface area contributed by atoms with Gasteiger partial charge < -0.3 is 15.0 Å². The van der Waals surface area contributed by atoms with E-state index >= 15 is 0 Å². The van der Waals surface area contributed by atoms with Crippen LogP contribution in [0.25, 0.3) is 11.4 Å². The molecule has 1 amide bonds. The van der Waals surface area contributed by atoms with Crippen molar-refractivity contribution in [2.75, 3.05) is 5.75 Å². The number of halogens is 3. The Kier molecular flexibility index (Phi) is 5.08. The van der Waals surface area contributed by atoms with Gasteiger partial charge in [-0.15, -0.1) is 23.4 Å². The van der Waals surface area contributed by atoms with E-state index in [1.807, 2.05) is 6.92 Å². The fraction of sp³-hybridized carbons (Fsp3) is 0.333. The van der Waals surface area contributed by atoms with Gasteiger partial charge in [0.15, 0.2) is 11.0 Å². The predicted octanol–water partition coefficient (Wildman–Crippen LogP) is 1.84. The van der Waals surface area contributed by atoms with Crippen LogP contribution in [0, 0.1) is 0 Å². The van der Waals surface area contributed by atoms with Gasteiger partial charge in [-0.25, -0.2) is 4.98 Å². The molecule has 2 N–H and O–H groups in total. The highest BCUT2D eigenvalue weighted by molar-refractivity contribution is 7.99. The van der Waals surface area contributed by atoms with E-state index in [-0.39, 0.29) is 5.75 Å². The van der Waals surface area contributed by atoms with Crippen molar-refractivity contribution in [2.24, 2.45) is 5.73 Å². The lowest BCUT2D eigenvalue weighted by molar-refractivity contribution is -0.276. The molecule has 11 heteroatoms. The van der Waals surface area contributed by atoms with E-state index in [4.69, 9.17) is 5.73 Å². The van der Waals surface area contributed by atoms with Crippen LogP contribution in [-0.4, -0.2) is 37.8 Å². The van der Waals surface area contributed by atoms with Crippen molar-refractivity contribution < 1.29 is 22.7 Å². The van der Waals surface area contributed by atoms with Crippen LogP contribution in [0.5, 0.6) is 5.88 Å². The molecule has 2 heterocycles. The second-order valence-electron chi connectivity index (χ2n) is 4.24. The van der Waals surface area contributed by atoms with Gasteiger partial charge in [0.25, 0.3) is 0 Å². The smallest absolute Gasteiger partial charge is 0.388 e. The molecule has 0 bridgehead atoms. The number of carbonyl (C=O) groups is 1. The Labute approximate surface area is 133 Å². The first-order valence-electron chi connectivity index (χ1n) is 6.36. The summed E-state index contributed by atoms with van der Waals surface area (Å²) < 4.78 is 42.2. The van der Waals surface area contributed by atoms with E-state index in [0.29, 0.717) is 23.1 Å². The highest BCUT2D eigenvalue weighted by atomic mass is 32.2. The molecule has 0 aliphatic heterocycles. The Hall–Kier alpha value is -2.30. The first-order valence-corrected chi connectivity index (χ1v) is 7.35. The van der Waals surface area contributed by atoms with Gasteiger partial charge in [-0.2, -0.15) is 0 Å². The average molecular weight is 347 g/mol. The van der Waals surface area contributed by atoms with Crippen molar-refractivity contribution >= 4 is 17.7 Å². The van der Waals surface area contributed by atoms with Crippen LogP contribution in [0.2, 0.25) is 0 Å². The maximum absolute atomic E-state index is 12.3. The van der Waals surface area contributed by atoms with Crippen LogP contribution in [0.4, 0.5) is 13.2 Å². The summed E-state index contributed by atoms with van der Waals surface area (Å²) in [5, 5.41) is 8.31. The highest BCUT2D eigenvalue weighted by Crippen LogP contribution is 2.27. The predicted molar refractivity (Wildman–Crippen MR) is 75.5 cm³/mol. The zero-order chi connectivity index (χ0) is 17.0. The summed E-state index contributed by atoms with van der Waals surface area (Å²) in [7, 11) is 0.